The van der Waals surface area contributed by atoms with E-state index in [1.165, 1.54) is 12.3 Å². The molecule has 150 valence electrons. The zero-order valence-electron chi connectivity index (χ0n) is 16.1. The van der Waals surface area contributed by atoms with Crippen LogP contribution < -0.4 is 10.1 Å². The van der Waals surface area contributed by atoms with Crippen molar-refractivity contribution in [2.75, 3.05) is 5.32 Å². The lowest BCUT2D eigenvalue weighted by Crippen LogP contribution is -2.17. The van der Waals surface area contributed by atoms with Gasteiger partial charge in [0.05, 0.1) is 17.7 Å². The first-order valence-corrected chi connectivity index (χ1v) is 9.94. The number of anilines is 1. The molecule has 0 saturated carbocycles. The largest absolute Gasteiger partial charge is 0.486 e. The number of ether oxygens (including phenoxy) is 1. The molecular formula is C21H21N3O4S. The number of carboxylic acids is 1. The second kappa shape index (κ2) is 9.29. The Bertz CT molecular complexity index is 1020. The standard InChI is InChI=1S/C21H21N3O4S/c1-13(2)17-12-29-20(23-17)11-28-15-7-8-22-18(10-15)24-19(25)9-14-5-3-4-6-16(14)21(26)27/h3-8,10,12-13H,9,11H2,1-2H3,(H,26,27)(H,22,24,25). The lowest BCUT2D eigenvalue weighted by Gasteiger charge is -2.09. The Morgan fingerprint density at radius 1 is 1.24 bits per heavy atom. The Morgan fingerprint density at radius 3 is 2.76 bits per heavy atom. The molecule has 1 amide bonds. The van der Waals surface area contributed by atoms with Crippen molar-refractivity contribution in [3.63, 3.8) is 0 Å². The number of carbonyl (C=O) groups excluding carboxylic acids is 1. The van der Waals surface area contributed by atoms with E-state index in [0.717, 1.165) is 10.7 Å². The van der Waals surface area contributed by atoms with Crippen LogP contribution in [-0.2, 0) is 17.8 Å². The third-order valence-corrected chi connectivity index (χ3v) is 4.96. The van der Waals surface area contributed by atoms with Crippen molar-refractivity contribution in [3.05, 3.63) is 69.8 Å². The molecule has 2 aromatic heterocycles. The zero-order valence-corrected chi connectivity index (χ0v) is 16.9. The van der Waals surface area contributed by atoms with Crippen LogP contribution in [0.15, 0.2) is 48.0 Å². The van der Waals surface area contributed by atoms with Crippen LogP contribution in [0, 0.1) is 0 Å². The molecule has 0 atom stereocenters. The molecule has 7 nitrogen and oxygen atoms in total. The second-order valence-electron chi connectivity index (χ2n) is 6.67. The quantitative estimate of drug-likeness (QED) is 0.578. The number of nitrogens with zero attached hydrogens (tertiary/aromatic N) is 2. The minimum Gasteiger partial charge on any atom is -0.486 e. The van der Waals surface area contributed by atoms with Crippen LogP contribution in [0.25, 0.3) is 0 Å². The van der Waals surface area contributed by atoms with E-state index in [1.807, 2.05) is 5.38 Å². The highest BCUT2D eigenvalue weighted by molar-refractivity contribution is 7.09. The zero-order chi connectivity index (χ0) is 20.8. The number of rotatable bonds is 8. The molecule has 8 heteroatoms. The Balaban J connectivity index is 1.60. The molecule has 0 aliphatic heterocycles. The molecule has 0 radical (unpaired) electrons. The maximum Gasteiger partial charge on any atom is 0.335 e. The Morgan fingerprint density at radius 2 is 2.03 bits per heavy atom. The first-order chi connectivity index (χ1) is 13.9. The van der Waals surface area contributed by atoms with Gasteiger partial charge in [0, 0.05) is 17.6 Å². The van der Waals surface area contributed by atoms with E-state index in [1.54, 1.807) is 41.7 Å². The number of aromatic nitrogens is 2. The lowest BCUT2D eigenvalue weighted by atomic mass is 10.0. The minimum absolute atomic E-state index is 0.0632. The predicted molar refractivity (Wildman–Crippen MR) is 111 cm³/mol. The van der Waals surface area contributed by atoms with Crippen LogP contribution in [0.4, 0.5) is 5.82 Å². The number of carboxylic acid groups (broad SMARTS) is 1. The highest BCUT2D eigenvalue weighted by Crippen LogP contribution is 2.21. The average molecular weight is 411 g/mol. The van der Waals surface area contributed by atoms with Crippen LogP contribution in [0.2, 0.25) is 0 Å². The first kappa shape index (κ1) is 20.5. The van der Waals surface area contributed by atoms with Crippen molar-refractivity contribution in [2.24, 2.45) is 0 Å². The van der Waals surface area contributed by atoms with Crippen LogP contribution in [-0.4, -0.2) is 27.0 Å². The smallest absolute Gasteiger partial charge is 0.335 e. The fourth-order valence-electron chi connectivity index (χ4n) is 2.61. The summed E-state index contributed by atoms with van der Waals surface area (Å²) in [6.45, 7) is 4.51. The van der Waals surface area contributed by atoms with E-state index in [2.05, 4.69) is 29.1 Å². The van der Waals surface area contributed by atoms with E-state index in [0.29, 0.717) is 29.7 Å². The molecule has 3 aromatic rings. The van der Waals surface area contributed by atoms with Crippen molar-refractivity contribution < 1.29 is 19.4 Å². The van der Waals surface area contributed by atoms with Crippen molar-refractivity contribution in [2.45, 2.75) is 32.8 Å². The number of aromatic carboxylic acids is 1. The summed E-state index contributed by atoms with van der Waals surface area (Å²) in [6.07, 6.45) is 1.48. The summed E-state index contributed by atoms with van der Waals surface area (Å²) in [5.41, 5.74) is 1.59. The van der Waals surface area contributed by atoms with Gasteiger partial charge in [0.2, 0.25) is 5.91 Å². The van der Waals surface area contributed by atoms with Crippen LogP contribution in [0.5, 0.6) is 5.75 Å². The highest BCUT2D eigenvalue weighted by atomic mass is 32.1. The third kappa shape index (κ3) is 5.61. The van der Waals surface area contributed by atoms with Crippen LogP contribution >= 0.6 is 11.3 Å². The molecular weight excluding hydrogens is 390 g/mol. The Kier molecular flexibility index (Phi) is 6.56. The topological polar surface area (TPSA) is 101 Å². The number of hydrogen-bond donors (Lipinski definition) is 2. The molecule has 2 N–H and O–H groups in total. The monoisotopic (exact) mass is 411 g/mol. The minimum atomic E-state index is -1.07. The van der Waals surface area contributed by atoms with Gasteiger partial charge in [-0.05, 0) is 23.6 Å². The number of nitrogens with one attached hydrogen (secondary N) is 1. The highest BCUT2D eigenvalue weighted by Gasteiger charge is 2.13. The Labute approximate surface area is 172 Å². The summed E-state index contributed by atoms with van der Waals surface area (Å²) in [7, 11) is 0. The number of carbonyl (C=O) groups is 2. The van der Waals surface area contributed by atoms with Crippen molar-refractivity contribution in [3.8, 4) is 5.75 Å². The van der Waals surface area contributed by atoms with Crippen LogP contribution in [0.3, 0.4) is 0 Å². The normalized spacial score (nSPS) is 10.7. The molecule has 1 aromatic carbocycles. The molecule has 0 spiro atoms. The van der Waals surface area contributed by atoms with E-state index in [-0.39, 0.29) is 17.9 Å². The maximum atomic E-state index is 12.3. The number of amides is 1. The predicted octanol–water partition coefficient (Wildman–Crippen LogP) is 4.12. The molecule has 3 rings (SSSR count). The summed E-state index contributed by atoms with van der Waals surface area (Å²) in [4.78, 5) is 32.2. The fraction of sp³-hybridized carbons (Fsp3) is 0.238. The van der Waals surface area contributed by atoms with Gasteiger partial charge in [-0.1, -0.05) is 32.0 Å². The third-order valence-electron chi connectivity index (χ3n) is 4.12. The van der Waals surface area contributed by atoms with E-state index >= 15 is 0 Å². The molecule has 2 heterocycles. The average Bonchev–Trinajstić information content (AvgIpc) is 3.16. The van der Waals surface area contributed by atoms with Gasteiger partial charge in [-0.3, -0.25) is 4.79 Å². The van der Waals surface area contributed by atoms with Crippen molar-refractivity contribution in [1.29, 1.82) is 0 Å². The SMILES string of the molecule is CC(C)c1csc(COc2ccnc(NC(=O)Cc3ccccc3C(=O)O)c2)n1. The number of pyridine rings is 1. The number of thiazole rings is 1. The van der Waals surface area contributed by atoms with E-state index in [9.17, 15) is 14.7 Å². The van der Waals surface area contributed by atoms with Crippen LogP contribution in [0.1, 0.15) is 46.4 Å². The van der Waals surface area contributed by atoms with Crippen molar-refractivity contribution >= 4 is 29.0 Å². The van der Waals surface area contributed by atoms with Gasteiger partial charge in [-0.2, -0.15) is 0 Å². The van der Waals surface area contributed by atoms with Gasteiger partial charge in [0.25, 0.3) is 0 Å². The van der Waals surface area contributed by atoms with Crippen molar-refractivity contribution in [1.82, 2.24) is 9.97 Å². The first-order valence-electron chi connectivity index (χ1n) is 9.06. The molecule has 0 aliphatic carbocycles. The summed E-state index contributed by atoms with van der Waals surface area (Å²) in [5.74, 6) is -0.159. The van der Waals surface area contributed by atoms with Gasteiger partial charge < -0.3 is 15.2 Å². The number of hydrogen-bond acceptors (Lipinski definition) is 6. The summed E-state index contributed by atoms with van der Waals surface area (Å²) >= 11 is 1.55. The summed E-state index contributed by atoms with van der Waals surface area (Å²) < 4.78 is 5.76. The number of benzene rings is 1. The van der Waals surface area contributed by atoms with Gasteiger partial charge in [0.15, 0.2) is 0 Å². The maximum absolute atomic E-state index is 12.3. The fourth-order valence-corrected chi connectivity index (χ4v) is 3.48. The molecule has 29 heavy (non-hydrogen) atoms. The Hall–Kier alpha value is -3.26. The summed E-state index contributed by atoms with van der Waals surface area (Å²) in [5, 5.41) is 14.8. The van der Waals surface area contributed by atoms with E-state index < -0.39 is 5.97 Å². The molecule has 0 aliphatic rings. The molecule has 0 fully saturated rings. The molecule has 0 bridgehead atoms. The molecule has 0 saturated heterocycles. The second-order valence-corrected chi connectivity index (χ2v) is 7.62. The lowest BCUT2D eigenvalue weighted by molar-refractivity contribution is -0.115. The van der Waals surface area contributed by atoms with Gasteiger partial charge >= 0.3 is 5.97 Å². The van der Waals surface area contributed by atoms with E-state index in [4.69, 9.17) is 4.74 Å². The van der Waals surface area contributed by atoms with Gasteiger partial charge in [-0.25, -0.2) is 14.8 Å². The van der Waals surface area contributed by atoms with Gasteiger partial charge in [0.1, 0.15) is 23.2 Å². The molecule has 0 unspecified atom stereocenters. The summed E-state index contributed by atoms with van der Waals surface area (Å²) in [6, 6.07) is 9.74. The van der Waals surface area contributed by atoms with Gasteiger partial charge in [-0.15, -0.1) is 11.3 Å².